The van der Waals surface area contributed by atoms with Crippen LogP contribution >= 0.6 is 0 Å². The van der Waals surface area contributed by atoms with Gasteiger partial charge >= 0.3 is 8.56 Å². The average Bonchev–Trinajstić information content (AvgIpc) is 3.63. The quantitative estimate of drug-likeness (QED) is 0.0284. The number of rotatable bonds is 35. The van der Waals surface area contributed by atoms with Crippen molar-refractivity contribution >= 4 is 8.56 Å². The Balaban J connectivity index is 1.22. The highest BCUT2D eigenvalue weighted by atomic mass is 28.4. The first-order valence-corrected chi connectivity index (χ1v) is 30.0. The van der Waals surface area contributed by atoms with Gasteiger partial charge in [0.15, 0.2) is 0 Å². The number of fused-ring (bicyclic) bond motifs is 5. The molecule has 0 bridgehead atoms. The van der Waals surface area contributed by atoms with Crippen LogP contribution in [0.2, 0.25) is 13.1 Å². The van der Waals surface area contributed by atoms with Crippen LogP contribution in [-0.4, -0.2) is 89.2 Å². The lowest BCUT2D eigenvalue weighted by atomic mass is 9.44. The van der Waals surface area contributed by atoms with Crippen molar-refractivity contribution in [2.45, 2.75) is 227 Å². The van der Waals surface area contributed by atoms with Crippen LogP contribution in [0.1, 0.15) is 201 Å². The fourth-order valence-corrected chi connectivity index (χ4v) is 15.1. The maximum absolute atomic E-state index is 9.31. The fourth-order valence-electron chi connectivity index (χ4n) is 13.6. The Morgan fingerprint density at radius 3 is 2.02 bits per heavy atom. The molecule has 0 aromatic rings. The van der Waals surface area contributed by atoms with Crippen molar-refractivity contribution in [3.05, 3.63) is 24.3 Å². The lowest BCUT2D eigenvalue weighted by Gasteiger charge is -2.61. The fraction of sp³-hybridized carbons (Fsp3) is 0.927. The first kappa shape index (κ1) is 55.0. The summed E-state index contributed by atoms with van der Waals surface area (Å²) in [7, 11) is -0.452. The Morgan fingerprint density at radius 1 is 0.683 bits per heavy atom. The van der Waals surface area contributed by atoms with Gasteiger partial charge in [0.05, 0.1) is 19.3 Å². The minimum atomic E-state index is -2.39. The van der Waals surface area contributed by atoms with Crippen molar-refractivity contribution in [1.82, 2.24) is 4.90 Å². The van der Waals surface area contributed by atoms with Gasteiger partial charge in [-0.25, -0.2) is 0 Å². The largest absolute Gasteiger partial charge is 0.395 e. The van der Waals surface area contributed by atoms with E-state index in [4.69, 9.17) is 18.3 Å². The number of aliphatic hydroxyl groups excluding tert-OH is 2. The van der Waals surface area contributed by atoms with Crippen LogP contribution in [0.15, 0.2) is 24.3 Å². The highest BCUT2D eigenvalue weighted by Crippen LogP contribution is 2.68. The van der Waals surface area contributed by atoms with Crippen LogP contribution in [0.3, 0.4) is 0 Å². The summed E-state index contributed by atoms with van der Waals surface area (Å²) >= 11 is 0. The maximum Gasteiger partial charge on any atom is 0.333 e. The molecule has 0 saturated heterocycles. The van der Waals surface area contributed by atoms with Gasteiger partial charge in [-0.2, -0.15) is 0 Å². The van der Waals surface area contributed by atoms with E-state index in [1.54, 1.807) is 0 Å². The van der Waals surface area contributed by atoms with Crippen molar-refractivity contribution in [3.8, 4) is 0 Å². The molecule has 0 aromatic carbocycles. The minimum absolute atomic E-state index is 0.144. The molecule has 8 heteroatoms. The number of hydrogen-bond donors (Lipinski definition) is 2. The molecule has 4 rings (SSSR count). The van der Waals surface area contributed by atoms with Crippen LogP contribution < -0.4 is 0 Å². The first-order valence-electron chi connectivity index (χ1n) is 27.2. The van der Waals surface area contributed by atoms with E-state index in [-0.39, 0.29) is 19.5 Å². The molecule has 4 fully saturated rings. The lowest BCUT2D eigenvalue weighted by Crippen LogP contribution is -2.54. The van der Waals surface area contributed by atoms with Crippen molar-refractivity contribution < 1.29 is 28.5 Å². The number of nitrogens with zero attached hydrogens (tertiary/aromatic N) is 1. The van der Waals surface area contributed by atoms with Gasteiger partial charge in [0.25, 0.3) is 0 Å². The molecular weight excluding hydrogens is 799 g/mol. The van der Waals surface area contributed by atoms with Gasteiger partial charge in [-0.05, 0) is 188 Å². The summed E-state index contributed by atoms with van der Waals surface area (Å²) in [5, 5.41) is 18.6. The van der Waals surface area contributed by atoms with Gasteiger partial charge in [-0.3, -0.25) is 4.90 Å². The third kappa shape index (κ3) is 18.1. The number of methoxy groups -OCH3 is 1. The molecular formula is C55H103NO6Si. The second-order valence-corrected chi connectivity index (χ2v) is 25.3. The summed E-state index contributed by atoms with van der Waals surface area (Å²) in [6.45, 7) is 18.7. The second kappa shape index (κ2) is 30.0. The predicted octanol–water partition coefficient (Wildman–Crippen LogP) is 13.8. The van der Waals surface area contributed by atoms with E-state index in [0.29, 0.717) is 35.9 Å². The van der Waals surface area contributed by atoms with Crippen molar-refractivity contribution in [2.75, 3.05) is 53.2 Å². The van der Waals surface area contributed by atoms with Crippen LogP contribution in [0, 0.1) is 46.3 Å². The Morgan fingerprint density at radius 2 is 1.32 bits per heavy atom. The van der Waals surface area contributed by atoms with Gasteiger partial charge in [-0.15, -0.1) is 0 Å². The third-order valence-corrected chi connectivity index (χ3v) is 19.0. The Labute approximate surface area is 390 Å². The highest BCUT2D eigenvalue weighted by Gasteiger charge is 2.60. The van der Waals surface area contributed by atoms with Gasteiger partial charge in [0.2, 0.25) is 0 Å². The number of aliphatic hydroxyl groups is 2. The zero-order valence-electron chi connectivity index (χ0n) is 42.4. The van der Waals surface area contributed by atoms with Gasteiger partial charge < -0.3 is 28.5 Å². The molecule has 0 spiro atoms. The van der Waals surface area contributed by atoms with Gasteiger partial charge in [0.1, 0.15) is 6.29 Å². The summed E-state index contributed by atoms with van der Waals surface area (Å²) in [6.07, 6.45) is 43.8. The molecule has 4 aliphatic carbocycles. The number of unbranched alkanes of at least 4 members (excludes halogenated alkanes) is 12. The summed E-state index contributed by atoms with van der Waals surface area (Å²) in [6, 6.07) is 0. The molecule has 0 aromatic heterocycles. The summed E-state index contributed by atoms with van der Waals surface area (Å²) < 4.78 is 26.0. The second-order valence-electron chi connectivity index (χ2n) is 22.0. The first-order chi connectivity index (χ1) is 30.5. The standard InChI is InChI=1S/C55H103NO6Si/c1-8-9-10-11-12-13-14-15-16-17-18-19-20-21-23-26-43-60-53(62-63(6,7)61-44-27-24-22-25-38-56(39-41-57)40-42-58)33-28-46(2)50-31-32-51-49-30-29-47-45-48(59-5)34-36-54(47,3)52(49)35-37-55(50,51)4/h12-13,15-16,46-53,57-58H,8-11,14,17-45H2,1-7H3/b13-12-,16-15-/t46-,47?,48-,49?,50?,51?,52?,53?,54+,55-/m1/s1. The molecule has 4 aliphatic rings. The van der Waals surface area contributed by atoms with E-state index in [1.807, 2.05) is 7.11 Å². The smallest absolute Gasteiger partial charge is 0.333 e. The molecule has 4 saturated carbocycles. The monoisotopic (exact) mass is 902 g/mol. The summed E-state index contributed by atoms with van der Waals surface area (Å²) in [5.74, 6) is 5.07. The summed E-state index contributed by atoms with van der Waals surface area (Å²) in [5.41, 5.74) is 0.994. The van der Waals surface area contributed by atoms with E-state index >= 15 is 0 Å². The van der Waals surface area contributed by atoms with Crippen molar-refractivity contribution in [1.29, 1.82) is 0 Å². The SMILES string of the molecule is CCCCC/C=C\C/C=C\CCCCCCCCOC(CC[C@@H](C)C1CCC2C3CCC4C[C@H](OC)CC[C@]4(C)C3CC[C@@]21C)O[Si](C)(C)OCCCCCCN(CCO)CCO. The minimum Gasteiger partial charge on any atom is -0.395 e. The topological polar surface area (TPSA) is 80.6 Å². The van der Waals surface area contributed by atoms with Gasteiger partial charge in [-0.1, -0.05) is 103 Å². The molecule has 0 aliphatic heterocycles. The van der Waals surface area contributed by atoms with Crippen LogP contribution in [-0.2, 0) is 18.3 Å². The van der Waals surface area contributed by atoms with Crippen molar-refractivity contribution in [2.24, 2.45) is 46.3 Å². The zero-order chi connectivity index (χ0) is 45.4. The summed E-state index contributed by atoms with van der Waals surface area (Å²) in [4.78, 5) is 2.15. The molecule has 0 heterocycles. The zero-order valence-corrected chi connectivity index (χ0v) is 43.4. The average molecular weight is 903 g/mol. The van der Waals surface area contributed by atoms with Gasteiger partial charge in [0, 0.05) is 33.4 Å². The van der Waals surface area contributed by atoms with Crippen LogP contribution in [0.5, 0.6) is 0 Å². The third-order valence-electron chi connectivity index (χ3n) is 17.3. The Bertz CT molecular complexity index is 1240. The van der Waals surface area contributed by atoms with E-state index in [9.17, 15) is 10.2 Å². The van der Waals surface area contributed by atoms with Crippen LogP contribution in [0.25, 0.3) is 0 Å². The molecule has 0 amide bonds. The molecule has 0 radical (unpaired) electrons. The number of allylic oxidation sites excluding steroid dienone is 4. The van der Waals surface area contributed by atoms with E-state index < -0.39 is 8.56 Å². The Hall–Kier alpha value is -0.583. The van der Waals surface area contributed by atoms with E-state index in [0.717, 1.165) is 94.3 Å². The Kier molecular flexibility index (Phi) is 26.2. The van der Waals surface area contributed by atoms with E-state index in [2.05, 4.69) is 70.0 Å². The number of hydrogen-bond acceptors (Lipinski definition) is 7. The molecule has 6 unspecified atom stereocenters. The van der Waals surface area contributed by atoms with Crippen molar-refractivity contribution in [3.63, 3.8) is 0 Å². The van der Waals surface area contributed by atoms with Crippen LogP contribution in [0.4, 0.5) is 0 Å². The normalized spacial score (nSPS) is 29.7. The number of ether oxygens (including phenoxy) is 2. The molecule has 368 valence electrons. The predicted molar refractivity (Wildman–Crippen MR) is 267 cm³/mol. The van der Waals surface area contributed by atoms with E-state index in [1.165, 1.54) is 128 Å². The molecule has 7 nitrogen and oxygen atoms in total. The highest BCUT2D eigenvalue weighted by molar-refractivity contribution is 6.64. The maximum atomic E-state index is 9.31. The molecule has 10 atom stereocenters. The molecule has 63 heavy (non-hydrogen) atoms. The lowest BCUT2D eigenvalue weighted by molar-refractivity contribution is -0.134. The molecule has 2 N–H and O–H groups in total.